The zero-order valence-electron chi connectivity index (χ0n) is 17.7. The molecule has 2 N–H and O–H groups in total. The highest BCUT2D eigenvalue weighted by molar-refractivity contribution is 7.91. The first kappa shape index (κ1) is 23.0. The van der Waals surface area contributed by atoms with Gasteiger partial charge in [-0.2, -0.15) is 0 Å². The lowest BCUT2D eigenvalue weighted by atomic mass is 9.88. The number of carbonyl (C=O) groups excluding carboxylic acids is 2. The Morgan fingerprint density at radius 1 is 1.19 bits per heavy atom. The zero-order valence-corrected chi connectivity index (χ0v) is 20.1. The van der Waals surface area contributed by atoms with Crippen LogP contribution in [0, 0.1) is 5.92 Å². The van der Waals surface area contributed by atoms with Crippen LogP contribution in [0.25, 0.3) is 6.08 Å². The van der Waals surface area contributed by atoms with Gasteiger partial charge in [-0.1, -0.05) is 30.7 Å². The van der Waals surface area contributed by atoms with Gasteiger partial charge in [0.05, 0.1) is 17.1 Å². The maximum atomic E-state index is 13.2. The number of anilines is 1. The summed E-state index contributed by atoms with van der Waals surface area (Å²) < 4.78 is 23.6. The topological polar surface area (TPSA) is 92.3 Å². The summed E-state index contributed by atoms with van der Waals surface area (Å²) in [4.78, 5) is 26.9. The molecule has 0 spiro atoms. The molecule has 2 aromatic rings. The van der Waals surface area contributed by atoms with Crippen LogP contribution in [0.4, 0.5) is 5.00 Å². The summed E-state index contributed by atoms with van der Waals surface area (Å²) in [7, 11) is -3.10. The van der Waals surface area contributed by atoms with Crippen LogP contribution in [-0.4, -0.2) is 37.8 Å². The van der Waals surface area contributed by atoms with Gasteiger partial charge < -0.3 is 10.6 Å². The number of benzene rings is 1. The Morgan fingerprint density at radius 2 is 1.94 bits per heavy atom. The lowest BCUT2D eigenvalue weighted by molar-refractivity contribution is -0.111. The lowest BCUT2D eigenvalue weighted by Crippen LogP contribution is -2.36. The number of halogens is 1. The van der Waals surface area contributed by atoms with Crippen molar-refractivity contribution in [2.75, 3.05) is 16.8 Å². The molecule has 1 aromatic heterocycles. The molecule has 0 radical (unpaired) electrons. The molecule has 2 heterocycles. The normalized spacial score (nSPS) is 21.9. The van der Waals surface area contributed by atoms with E-state index in [2.05, 4.69) is 17.6 Å². The second-order valence-electron chi connectivity index (χ2n) is 8.50. The van der Waals surface area contributed by atoms with Crippen LogP contribution in [0.1, 0.15) is 46.1 Å². The largest absolute Gasteiger partial charge is 0.348 e. The number of carbonyl (C=O) groups is 2. The van der Waals surface area contributed by atoms with E-state index < -0.39 is 9.84 Å². The number of amides is 2. The molecule has 2 amide bonds. The number of fused-ring (bicyclic) bond motifs is 1. The molecule has 9 heteroatoms. The molecule has 4 rings (SSSR count). The van der Waals surface area contributed by atoms with Crippen molar-refractivity contribution in [1.29, 1.82) is 0 Å². The first-order valence-corrected chi connectivity index (χ1v) is 13.6. The summed E-state index contributed by atoms with van der Waals surface area (Å²) in [6.45, 7) is 2.18. The molecule has 32 heavy (non-hydrogen) atoms. The Hall–Kier alpha value is -2.16. The van der Waals surface area contributed by atoms with E-state index in [-0.39, 0.29) is 29.4 Å². The van der Waals surface area contributed by atoms with Gasteiger partial charge in [0.25, 0.3) is 5.91 Å². The number of thiophene rings is 1. The van der Waals surface area contributed by atoms with Gasteiger partial charge in [0, 0.05) is 22.0 Å². The summed E-state index contributed by atoms with van der Waals surface area (Å²) in [6, 6.07) is 6.73. The first-order chi connectivity index (χ1) is 15.2. The van der Waals surface area contributed by atoms with Crippen LogP contribution in [0.15, 0.2) is 30.3 Å². The van der Waals surface area contributed by atoms with E-state index in [9.17, 15) is 18.0 Å². The second kappa shape index (κ2) is 9.37. The van der Waals surface area contributed by atoms with Crippen molar-refractivity contribution in [2.45, 2.75) is 38.6 Å². The Balaban J connectivity index is 1.55. The number of hydrogen-bond donors (Lipinski definition) is 2. The average molecular weight is 493 g/mol. The molecule has 2 atom stereocenters. The summed E-state index contributed by atoms with van der Waals surface area (Å²) in [5, 5.41) is 6.90. The molecule has 2 aliphatic rings. The summed E-state index contributed by atoms with van der Waals surface area (Å²) >= 11 is 7.33. The van der Waals surface area contributed by atoms with Crippen molar-refractivity contribution < 1.29 is 18.0 Å². The predicted molar refractivity (Wildman–Crippen MR) is 129 cm³/mol. The van der Waals surface area contributed by atoms with E-state index in [0.29, 0.717) is 27.9 Å². The van der Waals surface area contributed by atoms with Gasteiger partial charge in [-0.3, -0.25) is 9.59 Å². The van der Waals surface area contributed by atoms with E-state index >= 15 is 0 Å². The van der Waals surface area contributed by atoms with Crippen LogP contribution in [-0.2, 0) is 27.5 Å². The average Bonchev–Trinajstić information content (AvgIpc) is 3.25. The van der Waals surface area contributed by atoms with Gasteiger partial charge in [0.15, 0.2) is 9.84 Å². The maximum absolute atomic E-state index is 13.2. The fourth-order valence-electron chi connectivity index (χ4n) is 4.14. The van der Waals surface area contributed by atoms with Gasteiger partial charge >= 0.3 is 0 Å². The minimum atomic E-state index is -3.10. The van der Waals surface area contributed by atoms with Crippen molar-refractivity contribution >= 4 is 55.7 Å². The Kier molecular flexibility index (Phi) is 6.74. The molecule has 6 nitrogen and oxygen atoms in total. The molecular weight excluding hydrogens is 468 g/mol. The van der Waals surface area contributed by atoms with Crippen LogP contribution in [0.5, 0.6) is 0 Å². The standard InChI is InChI=1S/C23H25ClN2O4S2/c1-14-2-8-18-19(12-14)31-23(21(18)22(28)25-17-10-11-32(29,30)13-17)26-20(27)9-5-15-3-6-16(24)7-4-15/h3-7,9,14,17H,2,8,10-13H2,1H3,(H,25,28)(H,26,27)/b9-5+. The highest BCUT2D eigenvalue weighted by Gasteiger charge is 2.32. The number of hydrogen-bond acceptors (Lipinski definition) is 5. The molecule has 1 aromatic carbocycles. The molecule has 0 bridgehead atoms. The third-order valence-corrected chi connectivity index (χ3v) is 9.03. The predicted octanol–water partition coefficient (Wildman–Crippen LogP) is 4.10. The molecule has 0 saturated carbocycles. The Morgan fingerprint density at radius 3 is 2.62 bits per heavy atom. The third kappa shape index (κ3) is 5.42. The van der Waals surface area contributed by atoms with Crippen LogP contribution < -0.4 is 10.6 Å². The van der Waals surface area contributed by atoms with E-state index in [4.69, 9.17) is 11.6 Å². The Bertz CT molecular complexity index is 1170. The third-order valence-electron chi connectivity index (χ3n) is 5.84. The van der Waals surface area contributed by atoms with Crippen LogP contribution >= 0.6 is 22.9 Å². The highest BCUT2D eigenvalue weighted by Crippen LogP contribution is 2.39. The Labute approximate surface area is 197 Å². The van der Waals surface area contributed by atoms with Crippen LogP contribution in [0.3, 0.4) is 0 Å². The fraction of sp³-hybridized carbons (Fsp3) is 0.391. The second-order valence-corrected chi connectivity index (χ2v) is 12.3. The molecule has 170 valence electrons. The fourth-order valence-corrected chi connectivity index (χ4v) is 7.36. The summed E-state index contributed by atoms with van der Waals surface area (Å²) in [5.74, 6) is -0.0604. The minimum absolute atomic E-state index is 0.0341. The van der Waals surface area contributed by atoms with Gasteiger partial charge in [-0.25, -0.2) is 8.42 Å². The molecular formula is C23H25ClN2O4S2. The van der Waals surface area contributed by atoms with Crippen molar-refractivity contribution in [3.8, 4) is 0 Å². The molecule has 2 unspecified atom stereocenters. The highest BCUT2D eigenvalue weighted by atomic mass is 35.5. The van der Waals surface area contributed by atoms with Crippen molar-refractivity contribution in [2.24, 2.45) is 5.92 Å². The lowest BCUT2D eigenvalue weighted by Gasteiger charge is -2.19. The molecule has 1 saturated heterocycles. The van der Waals surface area contributed by atoms with Crippen molar-refractivity contribution in [1.82, 2.24) is 5.32 Å². The van der Waals surface area contributed by atoms with Crippen molar-refractivity contribution in [3.05, 3.63) is 56.9 Å². The number of rotatable bonds is 5. The van der Waals surface area contributed by atoms with E-state index in [1.165, 1.54) is 17.4 Å². The number of sulfone groups is 1. The van der Waals surface area contributed by atoms with Gasteiger partial charge in [-0.05, 0) is 60.9 Å². The SMILES string of the molecule is CC1CCc2c(sc(NC(=O)/C=C/c3ccc(Cl)cc3)c2C(=O)NC2CCS(=O)(=O)C2)C1. The summed E-state index contributed by atoms with van der Waals surface area (Å²) in [6.07, 6.45) is 6.15. The molecule has 1 aliphatic heterocycles. The van der Waals surface area contributed by atoms with Gasteiger partial charge in [0.2, 0.25) is 5.91 Å². The summed E-state index contributed by atoms with van der Waals surface area (Å²) in [5.41, 5.74) is 2.29. The minimum Gasteiger partial charge on any atom is -0.348 e. The molecule has 1 fully saturated rings. The zero-order chi connectivity index (χ0) is 22.9. The maximum Gasteiger partial charge on any atom is 0.254 e. The smallest absolute Gasteiger partial charge is 0.254 e. The van der Waals surface area contributed by atoms with E-state index in [1.54, 1.807) is 18.2 Å². The quantitative estimate of drug-likeness (QED) is 0.615. The molecule has 1 aliphatic carbocycles. The van der Waals surface area contributed by atoms with Gasteiger partial charge in [-0.15, -0.1) is 11.3 Å². The van der Waals surface area contributed by atoms with Gasteiger partial charge in [0.1, 0.15) is 5.00 Å². The first-order valence-electron chi connectivity index (χ1n) is 10.6. The van der Waals surface area contributed by atoms with E-state index in [1.807, 2.05) is 12.1 Å². The van der Waals surface area contributed by atoms with Crippen LogP contribution in [0.2, 0.25) is 5.02 Å². The van der Waals surface area contributed by atoms with E-state index in [0.717, 1.165) is 35.3 Å². The van der Waals surface area contributed by atoms with Crippen molar-refractivity contribution in [3.63, 3.8) is 0 Å². The monoisotopic (exact) mass is 492 g/mol. The number of nitrogens with one attached hydrogen (secondary N) is 2.